The van der Waals surface area contributed by atoms with Crippen LogP contribution in [0.5, 0.6) is 5.75 Å². The quantitative estimate of drug-likeness (QED) is 0.879. The standard InChI is InChI=1S/C16H22ClNO3/c1-11-14(17)3-2-4-15(11)21-10-16(20)18-13-7-5-12(9-19)6-8-13/h2-4,12-13,19H,5-10H2,1H3,(H,18,20). The molecule has 0 heterocycles. The molecule has 1 aliphatic carbocycles. The van der Waals surface area contributed by atoms with E-state index in [2.05, 4.69) is 5.32 Å². The number of carbonyl (C=O) groups is 1. The Morgan fingerprint density at radius 2 is 2.10 bits per heavy atom. The first-order chi connectivity index (χ1) is 10.1. The molecule has 1 aromatic carbocycles. The van der Waals surface area contributed by atoms with Crippen LogP contribution in [-0.2, 0) is 4.79 Å². The fourth-order valence-corrected chi connectivity index (χ4v) is 2.81. The molecule has 5 heteroatoms. The summed E-state index contributed by atoms with van der Waals surface area (Å²) in [6.07, 6.45) is 3.78. The van der Waals surface area contributed by atoms with Crippen molar-refractivity contribution >= 4 is 17.5 Å². The molecule has 1 aromatic rings. The van der Waals surface area contributed by atoms with E-state index in [1.807, 2.05) is 6.92 Å². The summed E-state index contributed by atoms with van der Waals surface area (Å²) in [5.41, 5.74) is 0.843. The lowest BCUT2D eigenvalue weighted by Gasteiger charge is -2.27. The average Bonchev–Trinajstić information content (AvgIpc) is 2.49. The third kappa shape index (κ3) is 4.61. The molecular weight excluding hydrogens is 290 g/mol. The number of ether oxygens (including phenoxy) is 1. The molecule has 1 aliphatic rings. The summed E-state index contributed by atoms with van der Waals surface area (Å²) >= 11 is 6.01. The number of aliphatic hydroxyl groups excluding tert-OH is 1. The van der Waals surface area contributed by atoms with Crippen molar-refractivity contribution in [3.05, 3.63) is 28.8 Å². The van der Waals surface area contributed by atoms with E-state index in [0.717, 1.165) is 31.2 Å². The molecule has 1 fully saturated rings. The lowest BCUT2D eigenvalue weighted by Crippen LogP contribution is -2.40. The van der Waals surface area contributed by atoms with E-state index in [4.69, 9.17) is 21.4 Å². The van der Waals surface area contributed by atoms with E-state index in [0.29, 0.717) is 16.7 Å². The average molecular weight is 312 g/mol. The highest BCUT2D eigenvalue weighted by Gasteiger charge is 2.21. The number of hydrogen-bond donors (Lipinski definition) is 2. The minimum atomic E-state index is -0.109. The fraction of sp³-hybridized carbons (Fsp3) is 0.562. The van der Waals surface area contributed by atoms with E-state index >= 15 is 0 Å². The number of hydrogen-bond acceptors (Lipinski definition) is 3. The molecule has 1 amide bonds. The summed E-state index contributed by atoms with van der Waals surface area (Å²) in [5, 5.41) is 12.7. The molecule has 0 atom stereocenters. The van der Waals surface area contributed by atoms with Crippen LogP contribution in [0.25, 0.3) is 0 Å². The molecule has 0 saturated heterocycles. The van der Waals surface area contributed by atoms with Gasteiger partial charge in [-0.25, -0.2) is 0 Å². The van der Waals surface area contributed by atoms with E-state index in [-0.39, 0.29) is 25.2 Å². The Morgan fingerprint density at radius 3 is 2.76 bits per heavy atom. The second-order valence-electron chi connectivity index (χ2n) is 5.62. The first-order valence-corrected chi connectivity index (χ1v) is 7.76. The summed E-state index contributed by atoms with van der Waals surface area (Å²) in [7, 11) is 0. The van der Waals surface area contributed by atoms with Gasteiger partial charge in [0.1, 0.15) is 5.75 Å². The normalized spacial score (nSPS) is 21.9. The molecule has 0 aromatic heterocycles. The molecule has 4 nitrogen and oxygen atoms in total. The maximum absolute atomic E-state index is 11.9. The van der Waals surface area contributed by atoms with Gasteiger partial charge in [0.2, 0.25) is 0 Å². The summed E-state index contributed by atoms with van der Waals surface area (Å²) in [5.74, 6) is 0.923. The Kier molecular flexibility index (Phi) is 5.88. The van der Waals surface area contributed by atoms with Crippen LogP contribution in [0.1, 0.15) is 31.2 Å². The Morgan fingerprint density at radius 1 is 1.38 bits per heavy atom. The number of halogens is 1. The summed E-state index contributed by atoms with van der Waals surface area (Å²) in [6.45, 7) is 2.12. The third-order valence-electron chi connectivity index (χ3n) is 4.05. The number of benzene rings is 1. The van der Waals surface area contributed by atoms with Gasteiger partial charge in [0, 0.05) is 23.2 Å². The van der Waals surface area contributed by atoms with Crippen molar-refractivity contribution < 1.29 is 14.6 Å². The van der Waals surface area contributed by atoms with Gasteiger partial charge in [0.25, 0.3) is 5.91 Å². The Bertz CT molecular complexity index is 484. The maximum Gasteiger partial charge on any atom is 0.258 e. The second-order valence-corrected chi connectivity index (χ2v) is 6.03. The molecule has 0 aliphatic heterocycles. The molecule has 1 saturated carbocycles. The van der Waals surface area contributed by atoms with Crippen LogP contribution in [0.15, 0.2) is 18.2 Å². The van der Waals surface area contributed by atoms with Gasteiger partial charge >= 0.3 is 0 Å². The summed E-state index contributed by atoms with van der Waals surface area (Å²) in [6, 6.07) is 5.60. The van der Waals surface area contributed by atoms with Crippen LogP contribution in [0.3, 0.4) is 0 Å². The minimum Gasteiger partial charge on any atom is -0.483 e. The fourth-order valence-electron chi connectivity index (χ4n) is 2.65. The molecule has 2 rings (SSSR count). The predicted molar refractivity (Wildman–Crippen MR) is 82.7 cm³/mol. The van der Waals surface area contributed by atoms with Gasteiger partial charge in [-0.1, -0.05) is 17.7 Å². The van der Waals surface area contributed by atoms with Crippen LogP contribution in [0, 0.1) is 12.8 Å². The van der Waals surface area contributed by atoms with Crippen molar-refractivity contribution in [3.63, 3.8) is 0 Å². The molecule has 0 radical (unpaired) electrons. The SMILES string of the molecule is Cc1c(Cl)cccc1OCC(=O)NC1CCC(CO)CC1. The number of rotatable bonds is 5. The van der Waals surface area contributed by atoms with Gasteiger partial charge in [0.05, 0.1) is 0 Å². The highest BCUT2D eigenvalue weighted by atomic mass is 35.5. The van der Waals surface area contributed by atoms with Crippen molar-refractivity contribution in [3.8, 4) is 5.75 Å². The number of amides is 1. The third-order valence-corrected chi connectivity index (χ3v) is 4.46. The van der Waals surface area contributed by atoms with Gasteiger partial charge in [-0.15, -0.1) is 0 Å². The van der Waals surface area contributed by atoms with Crippen LogP contribution in [-0.4, -0.2) is 30.3 Å². The first-order valence-electron chi connectivity index (χ1n) is 7.38. The van der Waals surface area contributed by atoms with Crippen molar-refractivity contribution in [1.29, 1.82) is 0 Å². The van der Waals surface area contributed by atoms with Crippen LogP contribution in [0.2, 0.25) is 5.02 Å². The Hall–Kier alpha value is -1.26. The Balaban J connectivity index is 1.76. The van der Waals surface area contributed by atoms with Gasteiger partial charge in [0.15, 0.2) is 6.61 Å². The largest absolute Gasteiger partial charge is 0.483 e. The molecule has 21 heavy (non-hydrogen) atoms. The minimum absolute atomic E-state index is 0.00110. The lowest BCUT2D eigenvalue weighted by molar-refractivity contribution is -0.124. The van der Waals surface area contributed by atoms with Gasteiger partial charge in [-0.3, -0.25) is 4.79 Å². The zero-order chi connectivity index (χ0) is 15.2. The molecule has 2 N–H and O–H groups in total. The summed E-state index contributed by atoms with van der Waals surface area (Å²) in [4.78, 5) is 11.9. The van der Waals surface area contributed by atoms with E-state index < -0.39 is 0 Å². The number of nitrogens with one attached hydrogen (secondary N) is 1. The van der Waals surface area contributed by atoms with Crippen LogP contribution < -0.4 is 10.1 Å². The molecule has 0 unspecified atom stereocenters. The van der Waals surface area contributed by atoms with Crippen molar-refractivity contribution in [2.45, 2.75) is 38.6 Å². The van der Waals surface area contributed by atoms with Crippen molar-refractivity contribution in [2.75, 3.05) is 13.2 Å². The van der Waals surface area contributed by atoms with E-state index in [9.17, 15) is 4.79 Å². The van der Waals surface area contributed by atoms with Crippen LogP contribution in [0.4, 0.5) is 0 Å². The molecular formula is C16H22ClNO3. The highest BCUT2D eigenvalue weighted by Crippen LogP contribution is 2.25. The van der Waals surface area contributed by atoms with Gasteiger partial charge < -0.3 is 15.2 Å². The van der Waals surface area contributed by atoms with Crippen molar-refractivity contribution in [2.24, 2.45) is 5.92 Å². The summed E-state index contributed by atoms with van der Waals surface area (Å²) < 4.78 is 5.53. The van der Waals surface area contributed by atoms with Gasteiger partial charge in [-0.2, -0.15) is 0 Å². The monoisotopic (exact) mass is 311 g/mol. The molecule has 0 spiro atoms. The Labute approximate surface area is 130 Å². The second kappa shape index (κ2) is 7.66. The van der Waals surface area contributed by atoms with E-state index in [1.165, 1.54) is 0 Å². The smallest absolute Gasteiger partial charge is 0.258 e. The zero-order valence-electron chi connectivity index (χ0n) is 12.3. The number of carbonyl (C=O) groups excluding carboxylic acids is 1. The van der Waals surface area contributed by atoms with E-state index in [1.54, 1.807) is 18.2 Å². The lowest BCUT2D eigenvalue weighted by atomic mass is 9.86. The highest BCUT2D eigenvalue weighted by molar-refractivity contribution is 6.31. The number of aliphatic hydroxyl groups is 1. The molecule has 116 valence electrons. The topological polar surface area (TPSA) is 58.6 Å². The zero-order valence-corrected chi connectivity index (χ0v) is 13.0. The molecule has 0 bridgehead atoms. The van der Waals surface area contributed by atoms with Gasteiger partial charge in [-0.05, 0) is 50.7 Å². The first kappa shape index (κ1) is 16.1. The predicted octanol–water partition coefficient (Wildman–Crippen LogP) is 2.69. The van der Waals surface area contributed by atoms with Crippen molar-refractivity contribution in [1.82, 2.24) is 5.32 Å². The van der Waals surface area contributed by atoms with Crippen LogP contribution >= 0.6 is 11.6 Å². The maximum atomic E-state index is 11.9.